The molecule has 0 bridgehead atoms. The van der Waals surface area contributed by atoms with E-state index in [-0.39, 0.29) is 24.6 Å². The van der Waals surface area contributed by atoms with Gasteiger partial charge in [0, 0.05) is 32.2 Å². The summed E-state index contributed by atoms with van der Waals surface area (Å²) in [4.78, 5) is 4.36. The van der Waals surface area contributed by atoms with Crippen LogP contribution in [0.2, 0.25) is 0 Å². The van der Waals surface area contributed by atoms with Crippen LogP contribution >= 0.6 is 23.0 Å². The Labute approximate surface area is 162 Å². The topological polar surface area (TPSA) is 56.2 Å². The lowest BCUT2D eigenvalue weighted by molar-refractivity contribution is -0.0508. The van der Waals surface area contributed by atoms with Gasteiger partial charge in [0.2, 0.25) is 0 Å². The minimum absolute atomic E-state index is 0.0365. The van der Waals surface area contributed by atoms with Crippen LogP contribution in [-0.2, 0) is 3.07 Å². The first kappa shape index (κ1) is 19.3. The molecule has 5 nitrogen and oxygen atoms in total. The maximum Gasteiger partial charge on any atom is 0.146 e. The molecule has 0 radical (unpaired) electrons. The molecule has 3 rings (SSSR count). The number of hydrogen-bond acceptors (Lipinski definition) is 5. The molecule has 0 unspecified atom stereocenters. The zero-order chi connectivity index (χ0) is 17.8. The number of rotatable bonds is 5. The van der Waals surface area contributed by atoms with E-state index in [0.717, 1.165) is 32.5 Å². The Morgan fingerprint density at radius 1 is 1.28 bits per heavy atom. The van der Waals surface area contributed by atoms with Crippen LogP contribution in [0, 0.1) is 11.7 Å². The number of likely N-dealkylation sites (tertiary alicyclic amines) is 1. The molecule has 0 spiro atoms. The zero-order valence-electron chi connectivity index (χ0n) is 14.2. The average Bonchev–Trinajstić information content (AvgIpc) is 2.63. The van der Waals surface area contributed by atoms with Crippen LogP contribution in [0.3, 0.4) is 0 Å². The molecular formula is C18H26FIN2O3. The standard InChI is InChI=1S/C18H26FIN2O3/c19-15-5-1-2-6-16(15)21-7-3-4-13(9-21)10-22-11-18(25-20)17(24)8-14(22)12-23/h1-2,5-6,13-14,17-18,23-24H,3-4,7-12H2/t13-,14+,17-,18-/m0/s1. The van der Waals surface area contributed by atoms with Crippen molar-refractivity contribution in [3.63, 3.8) is 0 Å². The summed E-state index contributed by atoms with van der Waals surface area (Å²) in [5, 5.41) is 19.8. The highest BCUT2D eigenvalue weighted by molar-refractivity contribution is 14.1. The molecule has 4 atom stereocenters. The Morgan fingerprint density at radius 2 is 2.08 bits per heavy atom. The van der Waals surface area contributed by atoms with Crippen molar-refractivity contribution in [1.29, 1.82) is 0 Å². The second-order valence-corrected chi connectivity index (χ2v) is 7.64. The number of hydrogen-bond donors (Lipinski definition) is 2. The van der Waals surface area contributed by atoms with Crippen LogP contribution in [0.5, 0.6) is 0 Å². The predicted octanol–water partition coefficient (Wildman–Crippen LogP) is 2.20. The van der Waals surface area contributed by atoms with Crippen molar-refractivity contribution in [2.75, 3.05) is 37.7 Å². The van der Waals surface area contributed by atoms with Gasteiger partial charge < -0.3 is 18.2 Å². The Hall–Kier alpha value is -0.480. The van der Waals surface area contributed by atoms with E-state index in [9.17, 15) is 14.6 Å². The van der Waals surface area contributed by atoms with Gasteiger partial charge in [-0.25, -0.2) is 4.39 Å². The summed E-state index contributed by atoms with van der Waals surface area (Å²) in [6, 6.07) is 6.90. The van der Waals surface area contributed by atoms with Crippen LogP contribution in [0.1, 0.15) is 19.3 Å². The van der Waals surface area contributed by atoms with Gasteiger partial charge in [-0.15, -0.1) is 0 Å². The summed E-state index contributed by atoms with van der Waals surface area (Å²) in [5.41, 5.74) is 0.674. The number of aliphatic hydroxyl groups is 2. The lowest BCUT2D eigenvalue weighted by Crippen LogP contribution is -2.56. The number of aliphatic hydroxyl groups excluding tert-OH is 2. The van der Waals surface area contributed by atoms with Crippen molar-refractivity contribution >= 4 is 28.7 Å². The Bertz CT molecular complexity index is 565. The van der Waals surface area contributed by atoms with E-state index in [0.29, 0.717) is 24.6 Å². The van der Waals surface area contributed by atoms with E-state index < -0.39 is 6.10 Å². The van der Waals surface area contributed by atoms with E-state index in [4.69, 9.17) is 3.07 Å². The molecule has 2 fully saturated rings. The molecule has 1 aromatic carbocycles. The summed E-state index contributed by atoms with van der Waals surface area (Å²) >= 11 is 1.84. The summed E-state index contributed by atoms with van der Waals surface area (Å²) in [6.07, 6.45) is 1.89. The molecule has 2 aliphatic rings. The fourth-order valence-electron chi connectivity index (χ4n) is 4.06. The molecular weight excluding hydrogens is 438 g/mol. The molecule has 2 saturated heterocycles. The van der Waals surface area contributed by atoms with E-state index >= 15 is 0 Å². The number of piperidine rings is 2. The van der Waals surface area contributed by atoms with Gasteiger partial charge in [0.25, 0.3) is 0 Å². The normalized spacial score (nSPS) is 31.3. The fraction of sp³-hybridized carbons (Fsp3) is 0.667. The van der Waals surface area contributed by atoms with Crippen molar-refractivity contribution < 1.29 is 17.7 Å². The van der Waals surface area contributed by atoms with E-state index in [2.05, 4.69) is 9.80 Å². The highest BCUT2D eigenvalue weighted by Crippen LogP contribution is 2.28. The van der Waals surface area contributed by atoms with E-state index in [1.54, 1.807) is 6.07 Å². The number of halogens is 2. The lowest BCUT2D eigenvalue weighted by atomic mass is 9.92. The number of anilines is 1. The second-order valence-electron chi connectivity index (χ2n) is 7.13. The predicted molar refractivity (Wildman–Crippen MR) is 103 cm³/mol. The Morgan fingerprint density at radius 3 is 2.80 bits per heavy atom. The molecule has 0 aromatic heterocycles. The summed E-state index contributed by atoms with van der Waals surface area (Å²) in [7, 11) is 0. The molecule has 0 saturated carbocycles. The molecule has 1 aromatic rings. The maximum absolute atomic E-state index is 14.1. The van der Waals surface area contributed by atoms with Gasteiger partial charge in [0.15, 0.2) is 0 Å². The summed E-state index contributed by atoms with van der Waals surface area (Å²) in [6.45, 7) is 3.17. The largest absolute Gasteiger partial charge is 0.395 e. The van der Waals surface area contributed by atoms with Crippen LogP contribution in [-0.4, -0.2) is 66.1 Å². The molecule has 2 aliphatic heterocycles. The molecule has 7 heteroatoms. The maximum atomic E-state index is 14.1. The second kappa shape index (κ2) is 8.94. The molecule has 0 amide bonds. The van der Waals surface area contributed by atoms with Gasteiger partial charge in [0.1, 0.15) is 34.9 Å². The Kier molecular flexibility index (Phi) is 6.90. The highest BCUT2D eigenvalue weighted by atomic mass is 127. The minimum atomic E-state index is -0.536. The van der Waals surface area contributed by atoms with Gasteiger partial charge in [-0.2, -0.15) is 0 Å². The van der Waals surface area contributed by atoms with Gasteiger partial charge in [-0.05, 0) is 37.3 Å². The van der Waals surface area contributed by atoms with Crippen LogP contribution in [0.25, 0.3) is 0 Å². The third-order valence-corrected chi connectivity index (χ3v) is 6.06. The highest BCUT2D eigenvalue weighted by Gasteiger charge is 2.36. The SMILES string of the molecule is OC[C@H]1C[C@H](O)[C@@H](OI)CN1C[C@H]1CCCN(c2ccccc2F)C1. The number of nitrogens with zero attached hydrogens (tertiary/aromatic N) is 2. The third kappa shape index (κ3) is 4.63. The molecule has 2 heterocycles. The minimum Gasteiger partial charge on any atom is -0.395 e. The number of para-hydroxylation sites is 1. The first-order chi connectivity index (χ1) is 12.1. The van der Waals surface area contributed by atoms with Gasteiger partial charge in [0.05, 0.1) is 18.4 Å². The zero-order valence-corrected chi connectivity index (χ0v) is 16.4. The fourth-order valence-corrected chi connectivity index (χ4v) is 4.56. The van der Waals surface area contributed by atoms with Crippen molar-refractivity contribution in [2.45, 2.75) is 37.5 Å². The molecule has 140 valence electrons. The van der Waals surface area contributed by atoms with Gasteiger partial charge in [-0.3, -0.25) is 4.90 Å². The van der Waals surface area contributed by atoms with Crippen LogP contribution in [0.4, 0.5) is 10.1 Å². The first-order valence-electron chi connectivity index (χ1n) is 8.92. The first-order valence-corrected chi connectivity index (χ1v) is 9.80. The molecule has 25 heavy (non-hydrogen) atoms. The third-order valence-electron chi connectivity index (χ3n) is 5.40. The van der Waals surface area contributed by atoms with Crippen molar-refractivity contribution in [3.05, 3.63) is 30.1 Å². The lowest BCUT2D eigenvalue weighted by Gasteiger charge is -2.43. The summed E-state index contributed by atoms with van der Waals surface area (Å²) < 4.78 is 19.4. The van der Waals surface area contributed by atoms with Crippen LogP contribution < -0.4 is 4.90 Å². The van der Waals surface area contributed by atoms with Gasteiger partial charge >= 0.3 is 0 Å². The molecule has 0 aliphatic carbocycles. The smallest absolute Gasteiger partial charge is 0.146 e. The quantitative estimate of drug-likeness (QED) is 0.655. The molecule has 2 N–H and O–H groups in total. The summed E-state index contributed by atoms with van der Waals surface area (Å²) in [5.74, 6) is 0.239. The Balaban J connectivity index is 1.64. The average molecular weight is 464 g/mol. The van der Waals surface area contributed by atoms with Crippen molar-refractivity contribution in [3.8, 4) is 0 Å². The number of benzene rings is 1. The van der Waals surface area contributed by atoms with E-state index in [1.807, 2.05) is 35.1 Å². The van der Waals surface area contributed by atoms with Crippen molar-refractivity contribution in [2.24, 2.45) is 5.92 Å². The van der Waals surface area contributed by atoms with Crippen LogP contribution in [0.15, 0.2) is 24.3 Å². The van der Waals surface area contributed by atoms with Gasteiger partial charge in [-0.1, -0.05) is 12.1 Å². The van der Waals surface area contributed by atoms with E-state index in [1.165, 1.54) is 6.07 Å². The van der Waals surface area contributed by atoms with Crippen molar-refractivity contribution in [1.82, 2.24) is 4.90 Å². The monoisotopic (exact) mass is 464 g/mol.